The maximum absolute atomic E-state index is 12.3. The van der Waals surface area contributed by atoms with Crippen LogP contribution in [0.2, 0.25) is 0 Å². The van der Waals surface area contributed by atoms with Crippen LogP contribution in [-0.2, 0) is 14.6 Å². The molecule has 0 aliphatic rings. The van der Waals surface area contributed by atoms with Gasteiger partial charge in [0, 0.05) is 18.6 Å². The van der Waals surface area contributed by atoms with Gasteiger partial charge in [0.2, 0.25) is 5.91 Å². The van der Waals surface area contributed by atoms with E-state index in [1.807, 2.05) is 0 Å². The third-order valence-electron chi connectivity index (χ3n) is 2.53. The summed E-state index contributed by atoms with van der Waals surface area (Å²) in [5.41, 5.74) is 5.82. The number of anilines is 1. The molecule has 1 unspecified atom stereocenters. The third-order valence-corrected chi connectivity index (χ3v) is 5.14. The molecular weight excluding hydrogens is 320 g/mol. The zero-order valence-corrected chi connectivity index (χ0v) is 12.7. The van der Waals surface area contributed by atoms with E-state index < -0.39 is 21.0 Å². The number of hydrogen-bond acceptors (Lipinski definition) is 4. The molecule has 1 aromatic rings. The molecular formula is C11H15BrN2O3S. The second kappa shape index (κ2) is 5.27. The van der Waals surface area contributed by atoms with Gasteiger partial charge in [-0.1, -0.05) is 15.9 Å². The van der Waals surface area contributed by atoms with Gasteiger partial charge in [0.1, 0.15) is 5.25 Å². The standard InChI is InChI=1S/C11H15BrN2O3S/c1-7(11(15)14(2)3)18(16,17)10-5-4-8(12)6-9(10)13/h4-7H,13H2,1-3H3. The number of halogens is 1. The molecule has 1 amide bonds. The van der Waals surface area contributed by atoms with E-state index in [0.29, 0.717) is 4.47 Å². The highest BCUT2D eigenvalue weighted by molar-refractivity contribution is 9.10. The van der Waals surface area contributed by atoms with Crippen LogP contribution in [0.4, 0.5) is 5.69 Å². The van der Waals surface area contributed by atoms with Gasteiger partial charge in [-0.15, -0.1) is 0 Å². The minimum Gasteiger partial charge on any atom is -0.398 e. The van der Waals surface area contributed by atoms with Gasteiger partial charge in [0.05, 0.1) is 10.6 Å². The molecule has 1 atom stereocenters. The number of hydrogen-bond donors (Lipinski definition) is 1. The quantitative estimate of drug-likeness (QED) is 0.844. The van der Waals surface area contributed by atoms with Crippen LogP contribution in [0.25, 0.3) is 0 Å². The first-order chi connectivity index (χ1) is 8.17. The SMILES string of the molecule is CC(C(=O)N(C)C)S(=O)(=O)c1ccc(Br)cc1N. The van der Waals surface area contributed by atoms with Gasteiger partial charge in [0.15, 0.2) is 9.84 Å². The predicted molar refractivity (Wildman–Crippen MR) is 73.9 cm³/mol. The van der Waals surface area contributed by atoms with E-state index in [1.54, 1.807) is 6.07 Å². The molecule has 0 saturated carbocycles. The van der Waals surface area contributed by atoms with Crippen LogP contribution in [0.5, 0.6) is 0 Å². The molecule has 18 heavy (non-hydrogen) atoms. The number of nitrogen functional groups attached to an aromatic ring is 1. The molecule has 0 aliphatic carbocycles. The molecule has 0 aromatic heterocycles. The summed E-state index contributed by atoms with van der Waals surface area (Å²) in [7, 11) is -0.741. The van der Waals surface area contributed by atoms with Crippen molar-refractivity contribution in [1.29, 1.82) is 0 Å². The van der Waals surface area contributed by atoms with Gasteiger partial charge in [-0.2, -0.15) is 0 Å². The van der Waals surface area contributed by atoms with Gasteiger partial charge in [-0.3, -0.25) is 4.79 Å². The molecule has 2 N–H and O–H groups in total. The fraction of sp³-hybridized carbons (Fsp3) is 0.364. The lowest BCUT2D eigenvalue weighted by Gasteiger charge is -2.18. The first kappa shape index (κ1) is 15.0. The Hall–Kier alpha value is -1.08. The lowest BCUT2D eigenvalue weighted by atomic mass is 10.3. The van der Waals surface area contributed by atoms with Crippen molar-refractivity contribution in [2.24, 2.45) is 0 Å². The van der Waals surface area contributed by atoms with E-state index in [2.05, 4.69) is 15.9 Å². The Balaban J connectivity index is 3.26. The number of carbonyl (C=O) groups is 1. The smallest absolute Gasteiger partial charge is 0.240 e. The minimum atomic E-state index is -3.77. The lowest BCUT2D eigenvalue weighted by molar-refractivity contribution is -0.127. The first-order valence-electron chi connectivity index (χ1n) is 5.18. The van der Waals surface area contributed by atoms with Crippen LogP contribution >= 0.6 is 15.9 Å². The van der Waals surface area contributed by atoms with E-state index >= 15 is 0 Å². The molecule has 100 valence electrons. The second-order valence-electron chi connectivity index (χ2n) is 4.10. The van der Waals surface area contributed by atoms with E-state index in [4.69, 9.17) is 5.73 Å². The number of nitrogens with zero attached hydrogens (tertiary/aromatic N) is 1. The van der Waals surface area contributed by atoms with Crippen molar-refractivity contribution < 1.29 is 13.2 Å². The second-order valence-corrected chi connectivity index (χ2v) is 7.25. The maximum Gasteiger partial charge on any atom is 0.240 e. The Bertz CT molecular complexity index is 570. The van der Waals surface area contributed by atoms with E-state index in [-0.39, 0.29) is 10.6 Å². The summed E-state index contributed by atoms with van der Waals surface area (Å²) in [5.74, 6) is -0.475. The molecule has 0 aliphatic heterocycles. The first-order valence-corrected chi connectivity index (χ1v) is 7.52. The Morgan fingerprint density at radius 1 is 1.39 bits per heavy atom. The molecule has 0 fully saturated rings. The molecule has 0 radical (unpaired) electrons. The van der Waals surface area contributed by atoms with E-state index in [0.717, 1.165) is 0 Å². The van der Waals surface area contributed by atoms with Crippen LogP contribution < -0.4 is 5.73 Å². The number of rotatable bonds is 3. The summed E-state index contributed by atoms with van der Waals surface area (Å²) in [6.07, 6.45) is 0. The van der Waals surface area contributed by atoms with Crippen molar-refractivity contribution >= 4 is 37.4 Å². The lowest BCUT2D eigenvalue weighted by Crippen LogP contribution is -2.37. The molecule has 7 heteroatoms. The Morgan fingerprint density at radius 3 is 2.39 bits per heavy atom. The molecule has 1 rings (SSSR count). The molecule has 0 saturated heterocycles. The molecule has 1 aromatic carbocycles. The minimum absolute atomic E-state index is 0.0200. The number of nitrogens with two attached hydrogens (primary N) is 1. The summed E-state index contributed by atoms with van der Waals surface area (Å²) in [5, 5.41) is -1.16. The topological polar surface area (TPSA) is 80.5 Å². The zero-order chi connectivity index (χ0) is 14.1. The highest BCUT2D eigenvalue weighted by Gasteiger charge is 2.32. The summed E-state index contributed by atoms with van der Waals surface area (Å²) in [6.45, 7) is 1.36. The normalized spacial score (nSPS) is 13.1. The molecule has 5 nitrogen and oxygen atoms in total. The van der Waals surface area contributed by atoms with Gasteiger partial charge in [-0.05, 0) is 25.1 Å². The van der Waals surface area contributed by atoms with Crippen molar-refractivity contribution in [3.63, 3.8) is 0 Å². The van der Waals surface area contributed by atoms with Crippen LogP contribution in [-0.4, -0.2) is 38.6 Å². The average molecular weight is 335 g/mol. The fourth-order valence-electron chi connectivity index (χ4n) is 1.47. The summed E-state index contributed by atoms with van der Waals surface area (Å²) < 4.78 is 25.2. The maximum atomic E-state index is 12.3. The van der Waals surface area contributed by atoms with E-state index in [1.165, 1.54) is 38.1 Å². The molecule has 0 heterocycles. The highest BCUT2D eigenvalue weighted by Crippen LogP contribution is 2.26. The van der Waals surface area contributed by atoms with E-state index in [9.17, 15) is 13.2 Å². The summed E-state index contributed by atoms with van der Waals surface area (Å²) in [4.78, 5) is 13.0. The van der Waals surface area contributed by atoms with Crippen molar-refractivity contribution in [3.8, 4) is 0 Å². The Kier molecular flexibility index (Phi) is 4.39. The van der Waals surface area contributed by atoms with Crippen molar-refractivity contribution in [2.45, 2.75) is 17.1 Å². The van der Waals surface area contributed by atoms with Gasteiger partial charge < -0.3 is 10.6 Å². The summed E-state index contributed by atoms with van der Waals surface area (Å²) >= 11 is 3.20. The van der Waals surface area contributed by atoms with Crippen LogP contribution in [0.1, 0.15) is 6.92 Å². The number of carbonyl (C=O) groups excluding carboxylic acids is 1. The van der Waals surface area contributed by atoms with Gasteiger partial charge in [0.25, 0.3) is 0 Å². The van der Waals surface area contributed by atoms with Gasteiger partial charge in [-0.25, -0.2) is 8.42 Å². The largest absolute Gasteiger partial charge is 0.398 e. The highest BCUT2D eigenvalue weighted by atomic mass is 79.9. The van der Waals surface area contributed by atoms with Crippen molar-refractivity contribution in [3.05, 3.63) is 22.7 Å². The predicted octanol–water partition coefficient (Wildman–Crippen LogP) is 1.28. The average Bonchev–Trinajstić information content (AvgIpc) is 2.26. The Morgan fingerprint density at radius 2 is 1.94 bits per heavy atom. The fourth-order valence-corrected chi connectivity index (χ4v) is 3.35. The monoisotopic (exact) mass is 334 g/mol. The zero-order valence-electron chi connectivity index (χ0n) is 10.3. The third kappa shape index (κ3) is 2.84. The number of amides is 1. The number of benzene rings is 1. The Labute approximate surface area is 115 Å². The van der Waals surface area contributed by atoms with Crippen molar-refractivity contribution in [2.75, 3.05) is 19.8 Å². The number of sulfone groups is 1. The van der Waals surface area contributed by atoms with Gasteiger partial charge >= 0.3 is 0 Å². The summed E-state index contributed by atoms with van der Waals surface area (Å²) in [6, 6.07) is 4.48. The molecule has 0 spiro atoms. The van der Waals surface area contributed by atoms with Crippen LogP contribution in [0.3, 0.4) is 0 Å². The van der Waals surface area contributed by atoms with Crippen molar-refractivity contribution in [1.82, 2.24) is 4.90 Å². The van der Waals surface area contributed by atoms with Crippen LogP contribution in [0.15, 0.2) is 27.6 Å². The molecule has 0 bridgehead atoms. The van der Waals surface area contributed by atoms with Crippen LogP contribution in [0, 0.1) is 0 Å².